The highest BCUT2D eigenvalue weighted by Crippen LogP contribution is 2.13. The Labute approximate surface area is 172 Å². The van der Waals surface area contributed by atoms with E-state index < -0.39 is 0 Å². The van der Waals surface area contributed by atoms with Gasteiger partial charge >= 0.3 is 0 Å². The highest BCUT2D eigenvalue weighted by atomic mass is 16.2. The minimum atomic E-state index is -0.0952. The molecular weight excluding hydrogens is 364 g/mol. The Morgan fingerprint density at radius 2 is 1.79 bits per heavy atom. The lowest BCUT2D eigenvalue weighted by Gasteiger charge is -2.19. The lowest BCUT2D eigenvalue weighted by Crippen LogP contribution is -2.42. The number of carbonyl (C=O) groups is 2. The van der Waals surface area contributed by atoms with E-state index >= 15 is 0 Å². The first-order valence-electron chi connectivity index (χ1n) is 10.1. The van der Waals surface area contributed by atoms with E-state index in [9.17, 15) is 9.59 Å². The van der Waals surface area contributed by atoms with Crippen LogP contribution >= 0.6 is 0 Å². The average Bonchev–Trinajstić information content (AvgIpc) is 3.15. The number of rotatable bonds is 8. The second kappa shape index (κ2) is 10.2. The van der Waals surface area contributed by atoms with Gasteiger partial charge in [-0.15, -0.1) is 0 Å². The van der Waals surface area contributed by atoms with Crippen LogP contribution in [-0.4, -0.2) is 61.4 Å². The fraction of sp³-hybridized carbons (Fsp3) is 0.391. The van der Waals surface area contributed by atoms with Crippen LogP contribution in [0.1, 0.15) is 27.9 Å². The molecule has 0 radical (unpaired) electrons. The molecule has 3 rings (SSSR count). The highest BCUT2D eigenvalue weighted by molar-refractivity contribution is 5.93. The van der Waals surface area contributed by atoms with Gasteiger partial charge in [-0.1, -0.05) is 42.5 Å². The van der Waals surface area contributed by atoms with E-state index in [0.29, 0.717) is 18.7 Å². The van der Waals surface area contributed by atoms with Gasteiger partial charge in [-0.25, -0.2) is 0 Å². The maximum atomic E-state index is 12.4. The summed E-state index contributed by atoms with van der Waals surface area (Å²) in [6, 6.07) is 18.1. The summed E-state index contributed by atoms with van der Waals surface area (Å²) >= 11 is 0. The first kappa shape index (κ1) is 21.0. The predicted molar refractivity (Wildman–Crippen MR) is 114 cm³/mol. The molecular formula is C23H30N4O2. The Balaban J connectivity index is 1.40. The number of nitrogens with zero attached hydrogens (tertiary/aromatic N) is 2. The van der Waals surface area contributed by atoms with Crippen LogP contribution in [-0.2, 0) is 17.9 Å². The van der Waals surface area contributed by atoms with Gasteiger partial charge < -0.3 is 10.6 Å². The Hall–Kier alpha value is -2.70. The Morgan fingerprint density at radius 3 is 2.48 bits per heavy atom. The summed E-state index contributed by atoms with van der Waals surface area (Å²) in [7, 11) is 3.55. The van der Waals surface area contributed by atoms with Gasteiger partial charge in [0.05, 0.1) is 6.54 Å². The van der Waals surface area contributed by atoms with Crippen molar-refractivity contribution >= 4 is 11.8 Å². The number of hydrogen-bond donors (Lipinski definition) is 2. The second-order valence-corrected chi connectivity index (χ2v) is 7.72. The summed E-state index contributed by atoms with van der Waals surface area (Å²) in [6.45, 7) is 3.84. The summed E-state index contributed by atoms with van der Waals surface area (Å²) in [5.74, 6) is -0.0387. The van der Waals surface area contributed by atoms with E-state index in [0.717, 1.165) is 31.6 Å². The minimum absolute atomic E-state index is 0.0565. The zero-order valence-corrected chi connectivity index (χ0v) is 17.2. The molecule has 29 heavy (non-hydrogen) atoms. The molecule has 0 unspecified atom stereocenters. The molecule has 6 nitrogen and oxygen atoms in total. The maximum absolute atomic E-state index is 12.4. The van der Waals surface area contributed by atoms with E-state index in [1.807, 2.05) is 42.3 Å². The van der Waals surface area contributed by atoms with Crippen LogP contribution in [0, 0.1) is 0 Å². The third-order valence-electron chi connectivity index (χ3n) is 5.20. The quantitative estimate of drug-likeness (QED) is 0.718. The fourth-order valence-electron chi connectivity index (χ4n) is 3.73. The molecule has 1 heterocycles. The van der Waals surface area contributed by atoms with Crippen molar-refractivity contribution < 1.29 is 9.59 Å². The summed E-state index contributed by atoms with van der Waals surface area (Å²) < 4.78 is 0. The topological polar surface area (TPSA) is 64.7 Å². The normalized spacial score (nSPS) is 16.7. The van der Waals surface area contributed by atoms with Crippen molar-refractivity contribution in [3.05, 3.63) is 71.3 Å². The van der Waals surface area contributed by atoms with E-state index in [1.54, 1.807) is 7.05 Å². The standard InChI is InChI=1S/C23H30N4O2/c1-24-23(29)20-10-8-19(9-11-20)14-26(2)17-22(28)25-21-12-13-27(16-21)15-18-6-4-3-5-7-18/h3-11,21H,12-17H2,1-2H3,(H,24,29)(H,25,28)/t21-/m1/s1. The Bertz CT molecular complexity index is 807. The summed E-state index contributed by atoms with van der Waals surface area (Å²) in [5, 5.41) is 5.78. The summed E-state index contributed by atoms with van der Waals surface area (Å²) in [4.78, 5) is 28.4. The molecule has 0 saturated carbocycles. The summed E-state index contributed by atoms with van der Waals surface area (Å²) in [6.07, 6.45) is 0.989. The number of carbonyl (C=O) groups excluding carboxylic acids is 2. The molecule has 0 spiro atoms. The number of nitrogens with one attached hydrogen (secondary N) is 2. The van der Waals surface area contributed by atoms with E-state index in [-0.39, 0.29) is 17.9 Å². The Kier molecular flexibility index (Phi) is 7.38. The number of likely N-dealkylation sites (tertiary alicyclic amines) is 1. The number of hydrogen-bond acceptors (Lipinski definition) is 4. The van der Waals surface area contributed by atoms with Crippen molar-refractivity contribution in [2.75, 3.05) is 33.7 Å². The molecule has 2 amide bonds. The maximum Gasteiger partial charge on any atom is 0.251 e. The number of benzene rings is 2. The van der Waals surface area contributed by atoms with Crippen molar-refractivity contribution in [2.45, 2.75) is 25.6 Å². The van der Waals surface area contributed by atoms with Crippen LogP contribution in [0.3, 0.4) is 0 Å². The van der Waals surface area contributed by atoms with Crippen molar-refractivity contribution in [1.29, 1.82) is 0 Å². The van der Waals surface area contributed by atoms with E-state index in [4.69, 9.17) is 0 Å². The highest BCUT2D eigenvalue weighted by Gasteiger charge is 2.24. The smallest absolute Gasteiger partial charge is 0.251 e. The second-order valence-electron chi connectivity index (χ2n) is 7.72. The first-order valence-corrected chi connectivity index (χ1v) is 10.1. The molecule has 1 fully saturated rings. The third-order valence-corrected chi connectivity index (χ3v) is 5.20. The van der Waals surface area contributed by atoms with Crippen LogP contribution in [0.4, 0.5) is 0 Å². The molecule has 2 N–H and O–H groups in total. The van der Waals surface area contributed by atoms with Crippen molar-refractivity contribution in [3.8, 4) is 0 Å². The van der Waals surface area contributed by atoms with Crippen LogP contribution < -0.4 is 10.6 Å². The zero-order valence-electron chi connectivity index (χ0n) is 17.2. The van der Waals surface area contributed by atoms with Crippen molar-refractivity contribution in [2.24, 2.45) is 0 Å². The van der Waals surface area contributed by atoms with Gasteiger partial charge in [0.25, 0.3) is 5.91 Å². The van der Waals surface area contributed by atoms with Gasteiger partial charge in [-0.3, -0.25) is 19.4 Å². The first-order chi connectivity index (χ1) is 14.0. The van der Waals surface area contributed by atoms with E-state index in [1.165, 1.54) is 5.56 Å². The average molecular weight is 395 g/mol. The molecule has 1 saturated heterocycles. The number of amides is 2. The molecule has 1 atom stereocenters. The third kappa shape index (κ3) is 6.41. The molecule has 1 aliphatic heterocycles. The van der Waals surface area contributed by atoms with Crippen molar-refractivity contribution in [1.82, 2.24) is 20.4 Å². The minimum Gasteiger partial charge on any atom is -0.355 e. The molecule has 1 aliphatic rings. The molecule has 2 aromatic carbocycles. The van der Waals surface area contributed by atoms with Gasteiger partial charge in [0.2, 0.25) is 5.91 Å². The SMILES string of the molecule is CNC(=O)c1ccc(CN(C)CC(=O)N[C@@H]2CCN(Cc3ccccc3)C2)cc1. The van der Waals surface area contributed by atoms with Crippen LogP contribution in [0.25, 0.3) is 0 Å². The lowest BCUT2D eigenvalue weighted by atomic mass is 10.1. The fourth-order valence-corrected chi connectivity index (χ4v) is 3.73. The summed E-state index contributed by atoms with van der Waals surface area (Å²) in [5.41, 5.74) is 3.02. The monoisotopic (exact) mass is 394 g/mol. The molecule has 6 heteroatoms. The Morgan fingerprint density at radius 1 is 1.07 bits per heavy atom. The molecule has 2 aromatic rings. The van der Waals surface area contributed by atoms with Gasteiger partial charge in [0.1, 0.15) is 0 Å². The van der Waals surface area contributed by atoms with Crippen molar-refractivity contribution in [3.63, 3.8) is 0 Å². The predicted octanol–water partition coefficient (Wildman–Crippen LogP) is 1.87. The zero-order chi connectivity index (χ0) is 20.6. The molecule has 154 valence electrons. The van der Waals surface area contributed by atoms with E-state index in [2.05, 4.69) is 39.8 Å². The van der Waals surface area contributed by atoms with Crippen LogP contribution in [0.2, 0.25) is 0 Å². The van der Waals surface area contributed by atoms with Crippen LogP contribution in [0.15, 0.2) is 54.6 Å². The van der Waals surface area contributed by atoms with Crippen LogP contribution in [0.5, 0.6) is 0 Å². The molecule has 0 bridgehead atoms. The van der Waals surface area contributed by atoms with Gasteiger partial charge in [-0.05, 0) is 36.7 Å². The lowest BCUT2D eigenvalue weighted by molar-refractivity contribution is -0.122. The van der Waals surface area contributed by atoms with Gasteiger partial charge in [-0.2, -0.15) is 0 Å². The largest absolute Gasteiger partial charge is 0.355 e. The number of likely N-dealkylation sites (N-methyl/N-ethyl adjacent to an activating group) is 1. The molecule has 0 aliphatic carbocycles. The van der Waals surface area contributed by atoms with Gasteiger partial charge in [0, 0.05) is 44.8 Å². The van der Waals surface area contributed by atoms with Gasteiger partial charge in [0.15, 0.2) is 0 Å². The molecule has 0 aromatic heterocycles.